The minimum Gasteiger partial charge on any atom is -0.492 e. The monoisotopic (exact) mass is 327 g/mol. The molecule has 0 aliphatic rings. The third-order valence-corrected chi connectivity index (χ3v) is 3.86. The first-order valence-corrected chi connectivity index (χ1v) is 7.33. The second-order valence-corrected chi connectivity index (χ2v) is 5.54. The summed E-state index contributed by atoms with van der Waals surface area (Å²) in [5, 5.41) is 0.871. The van der Waals surface area contributed by atoms with Crippen LogP contribution in [0.15, 0.2) is 30.3 Å². The van der Waals surface area contributed by atoms with Crippen LogP contribution >= 0.6 is 23.2 Å². The van der Waals surface area contributed by atoms with E-state index in [1.807, 2.05) is 6.92 Å². The molecule has 2 nitrogen and oxygen atoms in total. The van der Waals surface area contributed by atoms with Crippen molar-refractivity contribution in [2.45, 2.75) is 19.9 Å². The maximum absolute atomic E-state index is 13.7. The third kappa shape index (κ3) is 3.49. The van der Waals surface area contributed by atoms with Gasteiger partial charge in [-0.2, -0.15) is 0 Å². The maximum Gasteiger partial charge on any atom is 0.139 e. The summed E-state index contributed by atoms with van der Waals surface area (Å²) in [6.07, 6.45) is 0. The molecule has 2 aromatic rings. The van der Waals surface area contributed by atoms with Crippen molar-refractivity contribution in [1.82, 2.24) is 0 Å². The molecule has 0 saturated carbocycles. The lowest BCUT2D eigenvalue weighted by Crippen LogP contribution is -2.13. The highest BCUT2D eigenvalue weighted by molar-refractivity contribution is 6.34. The molecule has 0 spiro atoms. The molecule has 0 saturated heterocycles. The van der Waals surface area contributed by atoms with E-state index in [0.717, 1.165) is 0 Å². The van der Waals surface area contributed by atoms with E-state index in [2.05, 4.69) is 0 Å². The molecule has 1 atom stereocenters. The molecule has 0 aliphatic carbocycles. The number of rotatable bonds is 4. The van der Waals surface area contributed by atoms with Gasteiger partial charge in [-0.25, -0.2) is 4.39 Å². The van der Waals surface area contributed by atoms with E-state index < -0.39 is 6.04 Å². The molecule has 2 aromatic carbocycles. The summed E-state index contributed by atoms with van der Waals surface area (Å²) >= 11 is 12.4. The molecule has 0 aliphatic heterocycles. The van der Waals surface area contributed by atoms with Crippen LogP contribution in [-0.2, 0) is 0 Å². The van der Waals surface area contributed by atoms with Crippen LogP contribution in [0.2, 0.25) is 10.0 Å². The van der Waals surface area contributed by atoms with Gasteiger partial charge in [-0.15, -0.1) is 0 Å². The number of aryl methyl sites for hydroxylation is 1. The molecule has 0 bridgehead atoms. The van der Waals surface area contributed by atoms with Crippen molar-refractivity contribution in [2.24, 2.45) is 5.73 Å². The predicted octanol–water partition coefficient (Wildman–Crippen LogP) is 4.89. The molecule has 21 heavy (non-hydrogen) atoms. The molecule has 1 unspecified atom stereocenters. The highest BCUT2D eigenvalue weighted by Gasteiger charge is 2.17. The fourth-order valence-electron chi connectivity index (χ4n) is 2.03. The summed E-state index contributed by atoms with van der Waals surface area (Å²) in [4.78, 5) is 0. The summed E-state index contributed by atoms with van der Waals surface area (Å²) in [5.41, 5.74) is 8.02. The molecule has 0 heterocycles. The highest BCUT2D eigenvalue weighted by Crippen LogP contribution is 2.35. The van der Waals surface area contributed by atoms with Gasteiger partial charge in [0.2, 0.25) is 0 Å². The van der Waals surface area contributed by atoms with Gasteiger partial charge in [0.25, 0.3) is 0 Å². The number of hydrogen-bond donors (Lipinski definition) is 1. The molecule has 0 amide bonds. The van der Waals surface area contributed by atoms with Gasteiger partial charge >= 0.3 is 0 Å². The van der Waals surface area contributed by atoms with Gasteiger partial charge in [-0.05, 0) is 42.7 Å². The first kappa shape index (κ1) is 16.1. The Morgan fingerprint density at radius 3 is 2.52 bits per heavy atom. The van der Waals surface area contributed by atoms with Crippen molar-refractivity contribution in [3.63, 3.8) is 0 Å². The Labute approximate surface area is 133 Å². The molecule has 0 fully saturated rings. The van der Waals surface area contributed by atoms with Crippen molar-refractivity contribution in [3.05, 3.63) is 62.9 Å². The second-order valence-electron chi connectivity index (χ2n) is 4.72. The van der Waals surface area contributed by atoms with Crippen molar-refractivity contribution in [1.29, 1.82) is 0 Å². The number of nitrogens with two attached hydrogens (primary N) is 1. The first-order valence-electron chi connectivity index (χ1n) is 6.57. The average Bonchev–Trinajstić information content (AvgIpc) is 2.45. The lowest BCUT2D eigenvalue weighted by atomic mass is 9.98. The van der Waals surface area contributed by atoms with Gasteiger partial charge in [0.15, 0.2) is 0 Å². The fraction of sp³-hybridized carbons (Fsp3) is 0.250. The normalized spacial score (nSPS) is 12.3. The van der Waals surface area contributed by atoms with E-state index in [1.54, 1.807) is 31.2 Å². The van der Waals surface area contributed by atoms with Crippen LogP contribution in [0.3, 0.4) is 0 Å². The smallest absolute Gasteiger partial charge is 0.139 e. The second kappa shape index (κ2) is 6.65. The van der Waals surface area contributed by atoms with Crippen LogP contribution in [0.25, 0.3) is 0 Å². The van der Waals surface area contributed by atoms with Crippen molar-refractivity contribution >= 4 is 23.2 Å². The number of ether oxygens (including phenoxy) is 1. The Bertz CT molecular complexity index is 661. The van der Waals surface area contributed by atoms with E-state index in [1.165, 1.54) is 6.07 Å². The first-order chi connectivity index (χ1) is 9.93. The summed E-state index contributed by atoms with van der Waals surface area (Å²) in [7, 11) is 0. The molecule has 0 aromatic heterocycles. The Morgan fingerprint density at radius 2 is 1.90 bits per heavy atom. The van der Waals surface area contributed by atoms with Crippen molar-refractivity contribution in [3.8, 4) is 5.75 Å². The van der Waals surface area contributed by atoms with E-state index in [4.69, 9.17) is 33.7 Å². The number of benzene rings is 2. The number of halogens is 3. The van der Waals surface area contributed by atoms with Crippen LogP contribution in [0.5, 0.6) is 5.75 Å². The Balaban J connectivity index is 2.40. The summed E-state index contributed by atoms with van der Waals surface area (Å²) < 4.78 is 19.0. The largest absolute Gasteiger partial charge is 0.492 e. The molecule has 5 heteroatoms. The van der Waals surface area contributed by atoms with Gasteiger partial charge in [-0.1, -0.05) is 35.3 Å². The Morgan fingerprint density at radius 1 is 1.19 bits per heavy atom. The van der Waals surface area contributed by atoms with E-state index in [0.29, 0.717) is 39.1 Å². The van der Waals surface area contributed by atoms with E-state index in [-0.39, 0.29) is 5.82 Å². The SMILES string of the molecule is CCOc1cc(Cl)c(C(N)c2ccc(C)c(F)c2)cc1Cl. The van der Waals surface area contributed by atoms with E-state index >= 15 is 0 Å². The van der Waals surface area contributed by atoms with Gasteiger partial charge in [0.1, 0.15) is 11.6 Å². The van der Waals surface area contributed by atoms with Gasteiger partial charge in [0.05, 0.1) is 17.7 Å². The van der Waals surface area contributed by atoms with Crippen molar-refractivity contribution < 1.29 is 9.13 Å². The quantitative estimate of drug-likeness (QED) is 0.867. The minimum atomic E-state index is -0.555. The lowest BCUT2D eigenvalue weighted by molar-refractivity contribution is 0.340. The summed E-state index contributed by atoms with van der Waals surface area (Å²) in [6, 6.07) is 7.63. The summed E-state index contributed by atoms with van der Waals surface area (Å²) in [5.74, 6) is 0.214. The fourth-order valence-corrected chi connectivity index (χ4v) is 2.53. The molecule has 2 N–H and O–H groups in total. The van der Waals surface area contributed by atoms with Crippen LogP contribution < -0.4 is 10.5 Å². The molecule has 112 valence electrons. The van der Waals surface area contributed by atoms with E-state index in [9.17, 15) is 4.39 Å². The number of hydrogen-bond acceptors (Lipinski definition) is 2. The highest BCUT2D eigenvalue weighted by atomic mass is 35.5. The maximum atomic E-state index is 13.7. The molecular formula is C16H16Cl2FNO. The Kier molecular flexibility index (Phi) is 5.09. The van der Waals surface area contributed by atoms with Crippen molar-refractivity contribution in [2.75, 3.05) is 6.61 Å². The Hall–Kier alpha value is -1.29. The van der Waals surface area contributed by atoms with Crippen LogP contribution in [-0.4, -0.2) is 6.61 Å². The zero-order chi connectivity index (χ0) is 15.6. The predicted molar refractivity (Wildman–Crippen MR) is 84.8 cm³/mol. The lowest BCUT2D eigenvalue weighted by Gasteiger charge is -2.17. The van der Waals surface area contributed by atoms with Crippen LogP contribution in [0, 0.1) is 12.7 Å². The van der Waals surface area contributed by atoms with Crippen LogP contribution in [0.4, 0.5) is 4.39 Å². The minimum absolute atomic E-state index is 0.295. The summed E-state index contributed by atoms with van der Waals surface area (Å²) in [6.45, 7) is 4.05. The molecule has 0 radical (unpaired) electrons. The average molecular weight is 328 g/mol. The zero-order valence-corrected chi connectivity index (χ0v) is 13.3. The van der Waals surface area contributed by atoms with Gasteiger partial charge in [0, 0.05) is 11.1 Å². The topological polar surface area (TPSA) is 35.2 Å². The van der Waals surface area contributed by atoms with Crippen LogP contribution in [0.1, 0.15) is 29.7 Å². The molecule has 2 rings (SSSR count). The zero-order valence-electron chi connectivity index (χ0n) is 11.8. The van der Waals surface area contributed by atoms with Gasteiger partial charge in [-0.3, -0.25) is 0 Å². The standard InChI is InChI=1S/C16H16Cl2FNO/c1-3-21-15-8-12(17)11(7-13(15)18)16(20)10-5-4-9(2)14(19)6-10/h4-8,16H,3,20H2,1-2H3. The molecular weight excluding hydrogens is 312 g/mol. The third-order valence-electron chi connectivity index (χ3n) is 3.24. The van der Waals surface area contributed by atoms with Gasteiger partial charge < -0.3 is 10.5 Å².